The second-order valence-electron chi connectivity index (χ2n) is 6.71. The van der Waals surface area contributed by atoms with E-state index in [2.05, 4.69) is 24.5 Å². The Morgan fingerprint density at radius 1 is 1.48 bits per heavy atom. The predicted molar refractivity (Wildman–Crippen MR) is 85.4 cm³/mol. The molecule has 0 aliphatic heterocycles. The number of benzene rings is 1. The van der Waals surface area contributed by atoms with E-state index in [9.17, 15) is 9.90 Å². The highest BCUT2D eigenvalue weighted by Crippen LogP contribution is 2.46. The highest BCUT2D eigenvalue weighted by Gasteiger charge is 2.46. The van der Waals surface area contributed by atoms with Gasteiger partial charge in [-0.3, -0.25) is 4.79 Å². The van der Waals surface area contributed by atoms with Crippen molar-refractivity contribution in [1.29, 1.82) is 0 Å². The van der Waals surface area contributed by atoms with Crippen LogP contribution in [0.25, 0.3) is 0 Å². The fraction of sp³-hybridized carbons (Fsp3) is 0.588. The third-order valence-corrected chi connectivity index (χ3v) is 4.22. The van der Waals surface area contributed by atoms with Crippen molar-refractivity contribution in [2.45, 2.75) is 59.0 Å². The molecule has 116 valence electrons. The fourth-order valence-electron chi connectivity index (χ4n) is 2.57. The van der Waals surface area contributed by atoms with Crippen LogP contribution in [0.1, 0.15) is 58.6 Å². The minimum Gasteiger partial charge on any atom is -0.508 e. The summed E-state index contributed by atoms with van der Waals surface area (Å²) in [5.41, 5.74) is 1.91. The molecular weight excluding hydrogens is 264 g/mol. The van der Waals surface area contributed by atoms with Gasteiger partial charge in [0.25, 0.3) is 0 Å². The van der Waals surface area contributed by atoms with Crippen molar-refractivity contribution in [1.82, 2.24) is 5.32 Å². The maximum Gasteiger partial charge on any atom is 0.224 e. The van der Waals surface area contributed by atoms with E-state index in [4.69, 9.17) is 0 Å². The van der Waals surface area contributed by atoms with Crippen LogP contribution >= 0.6 is 0 Å². The summed E-state index contributed by atoms with van der Waals surface area (Å²) in [6, 6.07) is 5.79. The lowest BCUT2D eigenvalue weighted by Gasteiger charge is -2.18. The monoisotopic (exact) mass is 290 g/mol. The molecule has 1 aliphatic rings. The number of carbonyl (C=O) groups excluding carboxylic acids is 1. The summed E-state index contributed by atoms with van der Waals surface area (Å²) >= 11 is 0. The molecule has 1 saturated carbocycles. The minimum atomic E-state index is 0.0121. The number of rotatable bonds is 6. The van der Waals surface area contributed by atoms with Crippen LogP contribution in [-0.2, 0) is 4.79 Å². The smallest absolute Gasteiger partial charge is 0.224 e. The second-order valence-corrected chi connectivity index (χ2v) is 6.71. The molecule has 2 atom stereocenters. The quantitative estimate of drug-likeness (QED) is 0.702. The second kappa shape index (κ2) is 6.06. The average molecular weight is 290 g/mol. The Kier molecular flexibility index (Phi) is 4.57. The van der Waals surface area contributed by atoms with Crippen LogP contribution in [0.3, 0.4) is 0 Å². The summed E-state index contributed by atoms with van der Waals surface area (Å²) in [4.78, 5) is 11.7. The lowest BCUT2D eigenvalue weighted by molar-refractivity contribution is -0.116. The standard InChI is InChI=1S/C17H26N2O2/c1-5-6-16(21)19-12-7-8-14(20)13(9-12)11(2)18-15-10-17(15,3)4/h7-9,11,15,18,20H,5-6,10H2,1-4H3,(H,19,21). The van der Waals surface area contributed by atoms with Gasteiger partial charge in [0.1, 0.15) is 5.75 Å². The van der Waals surface area contributed by atoms with Gasteiger partial charge in [-0.1, -0.05) is 20.8 Å². The van der Waals surface area contributed by atoms with Gasteiger partial charge in [0, 0.05) is 29.8 Å². The van der Waals surface area contributed by atoms with Gasteiger partial charge in [-0.05, 0) is 43.4 Å². The number of phenols is 1. The lowest BCUT2D eigenvalue weighted by Crippen LogP contribution is -2.24. The van der Waals surface area contributed by atoms with E-state index in [-0.39, 0.29) is 17.7 Å². The number of nitrogens with one attached hydrogen (secondary N) is 2. The molecular formula is C17H26N2O2. The Labute approximate surface area is 126 Å². The molecule has 2 unspecified atom stereocenters. The molecule has 21 heavy (non-hydrogen) atoms. The van der Waals surface area contributed by atoms with Gasteiger partial charge in [0.2, 0.25) is 5.91 Å². The molecule has 1 fully saturated rings. The highest BCUT2D eigenvalue weighted by atomic mass is 16.3. The number of carbonyl (C=O) groups is 1. The van der Waals surface area contributed by atoms with Crippen molar-refractivity contribution < 1.29 is 9.90 Å². The Balaban J connectivity index is 2.06. The summed E-state index contributed by atoms with van der Waals surface area (Å²) in [5, 5.41) is 16.5. The zero-order valence-corrected chi connectivity index (χ0v) is 13.4. The molecule has 0 spiro atoms. The van der Waals surface area contributed by atoms with Crippen molar-refractivity contribution in [3.05, 3.63) is 23.8 Å². The topological polar surface area (TPSA) is 61.4 Å². The number of hydrogen-bond acceptors (Lipinski definition) is 3. The first kappa shape index (κ1) is 15.8. The Hall–Kier alpha value is -1.55. The third kappa shape index (κ3) is 3.97. The first-order valence-corrected chi connectivity index (χ1v) is 7.72. The molecule has 1 aromatic carbocycles. The molecule has 0 aromatic heterocycles. The number of aromatic hydroxyl groups is 1. The van der Waals surface area contributed by atoms with E-state index in [0.717, 1.165) is 24.1 Å². The molecule has 1 aromatic rings. The van der Waals surface area contributed by atoms with E-state index in [1.165, 1.54) is 0 Å². The normalized spacial score (nSPS) is 20.9. The Morgan fingerprint density at radius 2 is 2.14 bits per heavy atom. The van der Waals surface area contributed by atoms with E-state index >= 15 is 0 Å². The van der Waals surface area contributed by atoms with Crippen LogP contribution in [0, 0.1) is 5.41 Å². The van der Waals surface area contributed by atoms with Crippen LogP contribution < -0.4 is 10.6 Å². The lowest BCUT2D eigenvalue weighted by atomic mass is 10.1. The molecule has 1 amide bonds. The first-order valence-electron chi connectivity index (χ1n) is 7.72. The molecule has 4 nitrogen and oxygen atoms in total. The molecule has 0 bridgehead atoms. The van der Waals surface area contributed by atoms with Crippen LogP contribution in [-0.4, -0.2) is 17.1 Å². The van der Waals surface area contributed by atoms with Crippen molar-refractivity contribution >= 4 is 11.6 Å². The fourth-order valence-corrected chi connectivity index (χ4v) is 2.57. The summed E-state index contributed by atoms with van der Waals surface area (Å²) in [7, 11) is 0. The van der Waals surface area contributed by atoms with Crippen LogP contribution in [0.2, 0.25) is 0 Å². The van der Waals surface area contributed by atoms with E-state index in [1.54, 1.807) is 12.1 Å². The van der Waals surface area contributed by atoms with Gasteiger partial charge in [0.05, 0.1) is 0 Å². The highest BCUT2D eigenvalue weighted by molar-refractivity contribution is 5.90. The van der Waals surface area contributed by atoms with Gasteiger partial charge in [-0.25, -0.2) is 0 Å². The zero-order valence-electron chi connectivity index (χ0n) is 13.4. The maximum absolute atomic E-state index is 11.7. The molecule has 4 heteroatoms. The van der Waals surface area contributed by atoms with Crippen LogP contribution in [0.4, 0.5) is 5.69 Å². The minimum absolute atomic E-state index is 0.0121. The largest absolute Gasteiger partial charge is 0.508 e. The van der Waals surface area contributed by atoms with Gasteiger partial charge in [-0.15, -0.1) is 0 Å². The van der Waals surface area contributed by atoms with Crippen molar-refractivity contribution in [3.8, 4) is 5.75 Å². The van der Waals surface area contributed by atoms with E-state index in [0.29, 0.717) is 17.9 Å². The van der Waals surface area contributed by atoms with Gasteiger partial charge in [-0.2, -0.15) is 0 Å². The number of amides is 1. The Bertz CT molecular complexity index is 526. The summed E-state index contributed by atoms with van der Waals surface area (Å²) in [6.07, 6.45) is 2.50. The van der Waals surface area contributed by atoms with Crippen molar-refractivity contribution in [2.75, 3.05) is 5.32 Å². The summed E-state index contributed by atoms with van der Waals surface area (Å²) in [5.74, 6) is 0.278. The molecule has 3 N–H and O–H groups in total. The molecule has 2 rings (SSSR count). The molecule has 0 heterocycles. The van der Waals surface area contributed by atoms with Gasteiger partial charge >= 0.3 is 0 Å². The number of phenolic OH excluding ortho intramolecular Hbond substituents is 1. The third-order valence-electron chi connectivity index (χ3n) is 4.22. The van der Waals surface area contributed by atoms with E-state index < -0.39 is 0 Å². The zero-order chi connectivity index (χ0) is 15.6. The molecule has 0 saturated heterocycles. The van der Waals surface area contributed by atoms with Crippen LogP contribution in [0.5, 0.6) is 5.75 Å². The maximum atomic E-state index is 11.7. The van der Waals surface area contributed by atoms with Gasteiger partial charge < -0.3 is 15.7 Å². The first-order chi connectivity index (χ1) is 9.83. The Morgan fingerprint density at radius 3 is 2.71 bits per heavy atom. The molecule has 1 aliphatic carbocycles. The average Bonchev–Trinajstić information content (AvgIpc) is 2.99. The molecule has 0 radical (unpaired) electrons. The van der Waals surface area contributed by atoms with Crippen molar-refractivity contribution in [3.63, 3.8) is 0 Å². The van der Waals surface area contributed by atoms with Crippen LogP contribution in [0.15, 0.2) is 18.2 Å². The predicted octanol–water partition coefficient (Wildman–Crippen LogP) is 3.58. The van der Waals surface area contributed by atoms with Crippen molar-refractivity contribution in [2.24, 2.45) is 5.41 Å². The summed E-state index contributed by atoms with van der Waals surface area (Å²) < 4.78 is 0. The number of anilines is 1. The summed E-state index contributed by atoms with van der Waals surface area (Å²) in [6.45, 7) is 8.49. The van der Waals surface area contributed by atoms with E-state index in [1.807, 2.05) is 19.9 Å². The SMILES string of the molecule is CCCC(=O)Nc1ccc(O)c(C(C)NC2CC2(C)C)c1. The van der Waals surface area contributed by atoms with Gasteiger partial charge in [0.15, 0.2) is 0 Å². The number of hydrogen-bond donors (Lipinski definition) is 3.